The van der Waals surface area contributed by atoms with E-state index in [4.69, 9.17) is 4.74 Å². The fourth-order valence-corrected chi connectivity index (χ4v) is 1.72. The SMILES string of the molecule is CCCCCCCOc1ccc(/C=C/C=O)cc1.CCF.COCF. The van der Waals surface area contributed by atoms with Crippen LogP contribution in [0.1, 0.15) is 51.5 Å². The number of methoxy groups -OCH3 is 1. The lowest BCUT2D eigenvalue weighted by Crippen LogP contribution is -1.97. The number of halogens is 2. The molecule has 0 aliphatic carbocycles. The quantitative estimate of drug-likeness (QED) is 0.302. The predicted octanol–water partition coefficient (Wildman–Crippen LogP) is 5.78. The van der Waals surface area contributed by atoms with E-state index < -0.39 is 6.86 Å². The van der Waals surface area contributed by atoms with Crippen molar-refractivity contribution in [1.29, 1.82) is 0 Å². The molecule has 0 heterocycles. The summed E-state index contributed by atoms with van der Waals surface area (Å²) in [5.41, 5.74) is 1.01. The Balaban J connectivity index is 0. The molecule has 1 rings (SSSR count). The molecule has 0 N–H and O–H groups in total. The van der Waals surface area contributed by atoms with Gasteiger partial charge in [-0.1, -0.05) is 50.8 Å². The van der Waals surface area contributed by atoms with Crippen molar-refractivity contribution in [3.05, 3.63) is 35.9 Å². The minimum atomic E-state index is -0.681. The van der Waals surface area contributed by atoms with Gasteiger partial charge < -0.3 is 9.47 Å². The number of hydrogen-bond acceptors (Lipinski definition) is 3. The molecule has 0 saturated heterocycles. The van der Waals surface area contributed by atoms with Crippen molar-refractivity contribution in [3.63, 3.8) is 0 Å². The summed E-state index contributed by atoms with van der Waals surface area (Å²) < 4.78 is 30.3. The van der Waals surface area contributed by atoms with Gasteiger partial charge in [-0.25, -0.2) is 4.39 Å². The van der Waals surface area contributed by atoms with Gasteiger partial charge in [-0.15, -0.1) is 0 Å². The first-order chi connectivity index (χ1) is 12.2. The molecule has 1 aromatic carbocycles. The third kappa shape index (κ3) is 20.2. The second-order valence-corrected chi connectivity index (χ2v) is 4.99. The van der Waals surface area contributed by atoms with Gasteiger partial charge in [0.15, 0.2) is 6.86 Å². The summed E-state index contributed by atoms with van der Waals surface area (Å²) in [6.45, 7) is 3.53. The summed E-state index contributed by atoms with van der Waals surface area (Å²) in [6.07, 6.45) is 10.3. The topological polar surface area (TPSA) is 35.5 Å². The molecule has 0 radical (unpaired) electrons. The Morgan fingerprint density at radius 2 is 1.56 bits per heavy atom. The fourth-order valence-electron chi connectivity index (χ4n) is 1.72. The van der Waals surface area contributed by atoms with Crippen molar-refractivity contribution in [3.8, 4) is 5.75 Å². The number of hydrogen-bond donors (Lipinski definition) is 0. The number of carbonyl (C=O) groups excluding carboxylic acids is 1. The number of benzene rings is 1. The Bertz CT molecular complexity index is 404. The van der Waals surface area contributed by atoms with Gasteiger partial charge >= 0.3 is 0 Å². The zero-order valence-electron chi connectivity index (χ0n) is 15.7. The smallest absolute Gasteiger partial charge is 0.187 e. The molecule has 0 aliphatic heterocycles. The van der Waals surface area contributed by atoms with Crippen LogP contribution in [-0.2, 0) is 9.53 Å². The lowest BCUT2D eigenvalue weighted by atomic mass is 10.2. The summed E-state index contributed by atoms with van der Waals surface area (Å²) in [4.78, 5) is 10.2. The maximum absolute atomic E-state index is 10.5. The maximum atomic E-state index is 10.5. The predicted molar refractivity (Wildman–Crippen MR) is 100 cm³/mol. The van der Waals surface area contributed by atoms with Gasteiger partial charge in [0.05, 0.1) is 13.3 Å². The van der Waals surface area contributed by atoms with E-state index in [1.807, 2.05) is 24.3 Å². The van der Waals surface area contributed by atoms with Gasteiger partial charge in [0.2, 0.25) is 0 Å². The van der Waals surface area contributed by atoms with E-state index in [1.165, 1.54) is 45.8 Å². The second-order valence-electron chi connectivity index (χ2n) is 4.99. The third-order valence-electron chi connectivity index (χ3n) is 2.87. The normalized spacial score (nSPS) is 9.64. The minimum absolute atomic E-state index is 0.250. The van der Waals surface area contributed by atoms with Gasteiger partial charge in [-0.2, -0.15) is 0 Å². The maximum Gasteiger partial charge on any atom is 0.187 e. The van der Waals surface area contributed by atoms with Crippen molar-refractivity contribution >= 4 is 12.4 Å². The Labute approximate surface area is 151 Å². The Hall–Kier alpha value is -1.75. The standard InChI is InChI=1S/C16H22O2.C2H5FO.C2H5F/c1-2-3-4-5-6-14-18-16-11-9-15(10-12-16)8-7-13-17;1-4-2-3;1-2-3/h7-13H,2-6,14H2,1H3;2H2,1H3;2H2,1H3/b8-7+;;. The summed E-state index contributed by atoms with van der Waals surface area (Å²) >= 11 is 0. The monoisotopic (exact) mass is 358 g/mol. The first-order valence-electron chi connectivity index (χ1n) is 8.65. The summed E-state index contributed by atoms with van der Waals surface area (Å²) in [5.74, 6) is 0.897. The van der Waals surface area contributed by atoms with Crippen molar-refractivity contribution in [2.24, 2.45) is 0 Å². The van der Waals surface area contributed by atoms with Crippen molar-refractivity contribution in [1.82, 2.24) is 0 Å². The van der Waals surface area contributed by atoms with Crippen LogP contribution < -0.4 is 4.74 Å². The number of rotatable bonds is 10. The van der Waals surface area contributed by atoms with E-state index in [-0.39, 0.29) is 6.67 Å². The first kappa shape index (κ1) is 25.5. The van der Waals surface area contributed by atoms with Crippen LogP contribution in [0.15, 0.2) is 30.3 Å². The highest BCUT2D eigenvalue weighted by Crippen LogP contribution is 2.14. The molecule has 5 heteroatoms. The van der Waals surface area contributed by atoms with Gasteiger partial charge in [0.1, 0.15) is 12.0 Å². The van der Waals surface area contributed by atoms with E-state index in [0.717, 1.165) is 30.6 Å². The fraction of sp³-hybridized carbons (Fsp3) is 0.550. The second kappa shape index (κ2) is 22.2. The zero-order valence-corrected chi connectivity index (χ0v) is 15.7. The average molecular weight is 358 g/mol. The van der Waals surface area contributed by atoms with E-state index in [1.54, 1.807) is 6.08 Å². The van der Waals surface area contributed by atoms with Crippen LogP contribution >= 0.6 is 0 Å². The molecule has 0 spiro atoms. The first-order valence-corrected chi connectivity index (χ1v) is 8.65. The molecule has 25 heavy (non-hydrogen) atoms. The van der Waals surface area contributed by atoms with Crippen molar-refractivity contribution < 1.29 is 23.0 Å². The van der Waals surface area contributed by atoms with Gasteiger partial charge in [0, 0.05) is 7.11 Å². The molecule has 0 saturated carbocycles. The molecule has 0 atom stereocenters. The zero-order chi connectivity index (χ0) is 19.2. The van der Waals surface area contributed by atoms with Gasteiger partial charge in [-0.3, -0.25) is 9.18 Å². The molecule has 0 amide bonds. The van der Waals surface area contributed by atoms with Crippen LogP contribution in [0.4, 0.5) is 8.78 Å². The van der Waals surface area contributed by atoms with E-state index in [9.17, 15) is 13.6 Å². The van der Waals surface area contributed by atoms with Crippen LogP contribution in [0, 0.1) is 0 Å². The molecule has 3 nitrogen and oxygen atoms in total. The summed E-state index contributed by atoms with van der Waals surface area (Å²) in [7, 11) is 1.31. The van der Waals surface area contributed by atoms with Crippen molar-refractivity contribution in [2.75, 3.05) is 27.3 Å². The number of aldehydes is 1. The highest BCUT2D eigenvalue weighted by Gasteiger charge is 1.94. The number of ether oxygens (including phenoxy) is 2. The van der Waals surface area contributed by atoms with Crippen LogP contribution in [0.25, 0.3) is 6.08 Å². The Kier molecular flexibility index (Phi) is 22.7. The van der Waals surface area contributed by atoms with E-state index >= 15 is 0 Å². The third-order valence-corrected chi connectivity index (χ3v) is 2.87. The van der Waals surface area contributed by atoms with E-state index in [0.29, 0.717) is 0 Å². The van der Waals surface area contributed by atoms with Gasteiger partial charge in [0.25, 0.3) is 0 Å². The largest absolute Gasteiger partial charge is 0.494 e. The number of alkyl halides is 2. The molecular formula is C20H32F2O3. The van der Waals surface area contributed by atoms with Crippen LogP contribution in [-0.4, -0.2) is 33.5 Å². The highest BCUT2D eigenvalue weighted by molar-refractivity contribution is 5.73. The molecule has 1 aromatic rings. The molecule has 144 valence electrons. The average Bonchev–Trinajstić information content (AvgIpc) is 2.64. The van der Waals surface area contributed by atoms with Crippen LogP contribution in [0.5, 0.6) is 5.75 Å². The molecule has 0 aliphatic rings. The Morgan fingerprint density at radius 3 is 2.04 bits per heavy atom. The van der Waals surface area contributed by atoms with Gasteiger partial charge in [-0.05, 0) is 37.1 Å². The minimum Gasteiger partial charge on any atom is -0.494 e. The lowest BCUT2D eigenvalue weighted by Gasteiger charge is -2.06. The molecule has 0 unspecified atom stereocenters. The van der Waals surface area contributed by atoms with Crippen LogP contribution in [0.3, 0.4) is 0 Å². The molecule has 0 fully saturated rings. The molecule has 0 aromatic heterocycles. The highest BCUT2D eigenvalue weighted by atomic mass is 19.1. The summed E-state index contributed by atoms with van der Waals surface area (Å²) in [6, 6.07) is 7.78. The summed E-state index contributed by atoms with van der Waals surface area (Å²) in [5, 5.41) is 0. The lowest BCUT2D eigenvalue weighted by molar-refractivity contribution is -0.104. The van der Waals surface area contributed by atoms with Crippen molar-refractivity contribution in [2.45, 2.75) is 46.0 Å². The Morgan fingerprint density at radius 1 is 1.00 bits per heavy atom. The number of unbranched alkanes of at least 4 members (excludes halogenated alkanes) is 4. The number of allylic oxidation sites excluding steroid dienone is 1. The molecule has 0 bridgehead atoms. The molecular weight excluding hydrogens is 326 g/mol. The number of carbonyl (C=O) groups is 1. The van der Waals surface area contributed by atoms with E-state index in [2.05, 4.69) is 11.7 Å². The van der Waals surface area contributed by atoms with Crippen LogP contribution in [0.2, 0.25) is 0 Å².